The van der Waals surface area contributed by atoms with Gasteiger partial charge in [0.25, 0.3) is 0 Å². The summed E-state index contributed by atoms with van der Waals surface area (Å²) in [6, 6.07) is 14.3. The van der Waals surface area contributed by atoms with E-state index in [0.29, 0.717) is 10.8 Å². The molecule has 4 nitrogen and oxygen atoms in total. The molecule has 5 heteroatoms. The van der Waals surface area contributed by atoms with E-state index in [4.69, 9.17) is 4.74 Å². The zero-order chi connectivity index (χ0) is 21.1. The van der Waals surface area contributed by atoms with Crippen LogP contribution in [0.1, 0.15) is 56.4 Å². The van der Waals surface area contributed by atoms with Crippen molar-refractivity contribution in [1.82, 2.24) is 4.90 Å². The van der Waals surface area contributed by atoms with Crippen molar-refractivity contribution in [1.29, 1.82) is 0 Å². The van der Waals surface area contributed by atoms with E-state index in [1.54, 1.807) is 19.2 Å². The largest absolute Gasteiger partial charge is 0.496 e. The van der Waals surface area contributed by atoms with Crippen LogP contribution < -0.4 is 4.74 Å². The zero-order valence-corrected chi connectivity index (χ0v) is 19.0. The van der Waals surface area contributed by atoms with Crippen LogP contribution in [-0.2, 0) is 9.84 Å². The van der Waals surface area contributed by atoms with E-state index in [2.05, 4.69) is 23.1 Å². The number of methoxy groups -OCH3 is 1. The molecule has 0 aromatic heterocycles. The summed E-state index contributed by atoms with van der Waals surface area (Å²) in [5, 5.41) is 0. The molecule has 0 radical (unpaired) electrons. The van der Waals surface area contributed by atoms with E-state index in [0.717, 1.165) is 22.9 Å². The molecule has 0 unspecified atom stereocenters. The van der Waals surface area contributed by atoms with Crippen molar-refractivity contribution < 1.29 is 13.2 Å². The van der Waals surface area contributed by atoms with Crippen molar-refractivity contribution in [2.75, 3.05) is 26.5 Å². The number of piperidine rings is 1. The monoisotopic (exact) mass is 427 g/mol. The van der Waals surface area contributed by atoms with Crippen LogP contribution in [0.2, 0.25) is 0 Å². The van der Waals surface area contributed by atoms with Gasteiger partial charge in [0.05, 0.1) is 12.0 Å². The van der Waals surface area contributed by atoms with E-state index in [1.165, 1.54) is 69.9 Å². The summed E-state index contributed by atoms with van der Waals surface area (Å²) in [5.41, 5.74) is 3.43. The van der Waals surface area contributed by atoms with Crippen LogP contribution in [0.15, 0.2) is 47.4 Å². The van der Waals surface area contributed by atoms with Crippen molar-refractivity contribution in [2.45, 2.75) is 61.8 Å². The number of sulfone groups is 1. The molecule has 1 saturated carbocycles. The maximum Gasteiger partial charge on any atom is 0.175 e. The third kappa shape index (κ3) is 4.73. The Morgan fingerprint density at radius 1 is 0.867 bits per heavy atom. The molecule has 0 bridgehead atoms. The quantitative estimate of drug-likeness (QED) is 0.651. The second-order valence-electron chi connectivity index (χ2n) is 8.86. The maximum absolute atomic E-state index is 11.7. The second-order valence-corrected chi connectivity index (χ2v) is 10.9. The predicted octanol–water partition coefficient (Wildman–Crippen LogP) is 5.28. The molecule has 4 rings (SSSR count). The van der Waals surface area contributed by atoms with Gasteiger partial charge in [0.1, 0.15) is 5.75 Å². The highest BCUT2D eigenvalue weighted by Gasteiger charge is 2.28. The minimum absolute atomic E-state index is 0.357. The van der Waals surface area contributed by atoms with Gasteiger partial charge in [0.2, 0.25) is 0 Å². The molecule has 1 aliphatic heterocycles. The second kappa shape index (κ2) is 9.11. The maximum atomic E-state index is 11.7. The molecule has 0 N–H and O–H groups in total. The van der Waals surface area contributed by atoms with E-state index < -0.39 is 9.84 Å². The Morgan fingerprint density at radius 2 is 1.50 bits per heavy atom. The smallest absolute Gasteiger partial charge is 0.175 e. The van der Waals surface area contributed by atoms with Crippen LogP contribution in [0.25, 0.3) is 11.1 Å². The van der Waals surface area contributed by atoms with Gasteiger partial charge < -0.3 is 9.64 Å². The average molecular weight is 428 g/mol. The third-order valence-corrected chi connectivity index (χ3v) is 8.03. The molecule has 2 aromatic rings. The molecule has 0 atom stereocenters. The lowest BCUT2D eigenvalue weighted by molar-refractivity contribution is 0.121. The molecular formula is C25H33NO3S. The number of ether oxygens (including phenoxy) is 1. The first-order chi connectivity index (χ1) is 14.5. The van der Waals surface area contributed by atoms with Gasteiger partial charge in [0.15, 0.2) is 9.84 Å². The molecule has 0 amide bonds. The fourth-order valence-corrected chi connectivity index (χ4v) is 5.78. The standard InChI is InChI=1S/C25H33NO3S/c1-29-25-13-10-21(19-8-11-23(12-9-19)30(2,27)28)18-24(25)20-14-16-26(17-15-20)22-6-4-3-5-7-22/h8-13,18,20,22H,3-7,14-17H2,1-2H3. The van der Waals surface area contributed by atoms with E-state index in [-0.39, 0.29) is 0 Å². The van der Waals surface area contributed by atoms with Gasteiger partial charge in [-0.1, -0.05) is 37.5 Å². The van der Waals surface area contributed by atoms with Crippen LogP contribution in [-0.4, -0.2) is 45.8 Å². The van der Waals surface area contributed by atoms with Gasteiger partial charge in [-0.15, -0.1) is 0 Å². The molecule has 30 heavy (non-hydrogen) atoms. The Bertz CT molecular complexity index is 954. The Morgan fingerprint density at radius 3 is 2.10 bits per heavy atom. The van der Waals surface area contributed by atoms with Crippen molar-refractivity contribution in [2.24, 2.45) is 0 Å². The van der Waals surface area contributed by atoms with Crippen molar-refractivity contribution in [3.8, 4) is 16.9 Å². The Labute approximate surface area is 181 Å². The Kier molecular flexibility index (Phi) is 6.49. The van der Waals surface area contributed by atoms with Crippen LogP contribution >= 0.6 is 0 Å². The summed E-state index contributed by atoms with van der Waals surface area (Å²) >= 11 is 0. The molecule has 162 valence electrons. The van der Waals surface area contributed by atoms with Crippen molar-refractivity contribution in [3.05, 3.63) is 48.0 Å². The van der Waals surface area contributed by atoms with Crippen LogP contribution in [0.4, 0.5) is 0 Å². The average Bonchev–Trinajstić information content (AvgIpc) is 2.79. The number of likely N-dealkylation sites (tertiary alicyclic amines) is 1. The van der Waals surface area contributed by atoms with Crippen LogP contribution in [0.3, 0.4) is 0 Å². The molecule has 1 saturated heterocycles. The van der Waals surface area contributed by atoms with E-state index in [9.17, 15) is 8.42 Å². The Hall–Kier alpha value is -1.85. The number of nitrogens with zero attached hydrogens (tertiary/aromatic N) is 1. The number of rotatable bonds is 5. The van der Waals surface area contributed by atoms with Crippen LogP contribution in [0, 0.1) is 0 Å². The fourth-order valence-electron chi connectivity index (χ4n) is 5.15. The summed E-state index contributed by atoms with van der Waals surface area (Å²) in [4.78, 5) is 3.07. The van der Waals surface area contributed by atoms with Gasteiger partial charge in [-0.05, 0) is 85.6 Å². The lowest BCUT2D eigenvalue weighted by atomic mass is 9.85. The summed E-state index contributed by atoms with van der Waals surface area (Å²) in [6.07, 6.45) is 10.5. The summed E-state index contributed by atoms with van der Waals surface area (Å²) in [5.74, 6) is 1.47. The molecule has 0 spiro atoms. The van der Waals surface area contributed by atoms with E-state index in [1.807, 2.05) is 12.1 Å². The van der Waals surface area contributed by atoms with Crippen LogP contribution in [0.5, 0.6) is 5.75 Å². The molecular weight excluding hydrogens is 394 g/mol. The molecule has 2 aromatic carbocycles. The number of hydrogen-bond acceptors (Lipinski definition) is 4. The topological polar surface area (TPSA) is 46.6 Å². The third-order valence-electron chi connectivity index (χ3n) is 6.91. The summed E-state index contributed by atoms with van der Waals surface area (Å²) in [6.45, 7) is 2.34. The zero-order valence-electron chi connectivity index (χ0n) is 18.1. The van der Waals surface area contributed by atoms with Gasteiger partial charge in [-0.25, -0.2) is 8.42 Å². The number of hydrogen-bond donors (Lipinski definition) is 0. The molecule has 1 aliphatic carbocycles. The van der Waals surface area contributed by atoms with Crippen molar-refractivity contribution in [3.63, 3.8) is 0 Å². The van der Waals surface area contributed by atoms with Gasteiger partial charge in [0, 0.05) is 12.3 Å². The lowest BCUT2D eigenvalue weighted by Crippen LogP contribution is -2.41. The fraction of sp³-hybridized carbons (Fsp3) is 0.520. The minimum Gasteiger partial charge on any atom is -0.496 e. The first-order valence-electron chi connectivity index (χ1n) is 11.2. The van der Waals surface area contributed by atoms with Gasteiger partial charge in [-0.3, -0.25) is 0 Å². The lowest BCUT2D eigenvalue weighted by Gasteiger charge is -2.39. The molecule has 2 fully saturated rings. The highest BCUT2D eigenvalue weighted by molar-refractivity contribution is 7.90. The first-order valence-corrected chi connectivity index (χ1v) is 13.1. The molecule has 2 aliphatic rings. The number of benzene rings is 2. The minimum atomic E-state index is -3.18. The highest BCUT2D eigenvalue weighted by Crippen LogP contribution is 2.38. The van der Waals surface area contributed by atoms with Gasteiger partial charge >= 0.3 is 0 Å². The normalized spacial score (nSPS) is 19.7. The van der Waals surface area contributed by atoms with Gasteiger partial charge in [-0.2, -0.15) is 0 Å². The van der Waals surface area contributed by atoms with Crippen molar-refractivity contribution >= 4 is 9.84 Å². The SMILES string of the molecule is COc1ccc(-c2ccc(S(C)(=O)=O)cc2)cc1C1CCN(C2CCCCC2)CC1. The summed E-state index contributed by atoms with van der Waals surface area (Å²) in [7, 11) is -1.43. The highest BCUT2D eigenvalue weighted by atomic mass is 32.2. The van der Waals surface area contributed by atoms with E-state index >= 15 is 0 Å². The Balaban J connectivity index is 1.52. The molecule has 1 heterocycles. The summed E-state index contributed by atoms with van der Waals surface area (Å²) < 4.78 is 29.2. The first kappa shape index (κ1) is 21.4. The predicted molar refractivity (Wildman–Crippen MR) is 122 cm³/mol.